The lowest BCUT2D eigenvalue weighted by atomic mass is 10.0. The second-order valence-electron chi connectivity index (χ2n) is 8.69. The van der Waals surface area contributed by atoms with E-state index >= 15 is 0 Å². The van der Waals surface area contributed by atoms with Gasteiger partial charge in [0.05, 0.1) is 17.5 Å². The molecule has 8 nitrogen and oxygen atoms in total. The highest BCUT2D eigenvalue weighted by Gasteiger charge is 2.41. The lowest BCUT2D eigenvalue weighted by molar-refractivity contribution is -0.146. The number of likely N-dealkylation sites (tertiary alicyclic amines) is 2. The van der Waals surface area contributed by atoms with Gasteiger partial charge in [0.25, 0.3) is 0 Å². The third-order valence-electron chi connectivity index (χ3n) is 6.57. The highest BCUT2D eigenvalue weighted by Crippen LogP contribution is 2.25. The van der Waals surface area contributed by atoms with Crippen LogP contribution >= 0.6 is 11.6 Å². The van der Waals surface area contributed by atoms with E-state index in [1.165, 1.54) is 11.0 Å². The Kier molecular flexibility index (Phi) is 6.95. The number of benzene rings is 2. The van der Waals surface area contributed by atoms with E-state index in [9.17, 15) is 23.1 Å². The molecule has 2 heterocycles. The zero-order valence-corrected chi connectivity index (χ0v) is 20.0. The molecule has 10 heteroatoms. The van der Waals surface area contributed by atoms with Gasteiger partial charge < -0.3 is 14.9 Å². The van der Waals surface area contributed by atoms with Crippen LogP contribution < -0.4 is 4.72 Å². The summed E-state index contributed by atoms with van der Waals surface area (Å²) in [7, 11) is -3.94. The van der Waals surface area contributed by atoms with Crippen LogP contribution in [0.5, 0.6) is 0 Å². The third kappa shape index (κ3) is 4.87. The van der Waals surface area contributed by atoms with Gasteiger partial charge in [0, 0.05) is 18.1 Å². The number of hydrogen-bond acceptors (Lipinski definition) is 5. The molecule has 33 heavy (non-hydrogen) atoms. The molecule has 178 valence electrons. The van der Waals surface area contributed by atoms with Gasteiger partial charge in [-0.15, -0.1) is 0 Å². The lowest BCUT2D eigenvalue weighted by Gasteiger charge is -2.38. The van der Waals surface area contributed by atoms with Gasteiger partial charge in [-0.2, -0.15) is 4.72 Å². The van der Waals surface area contributed by atoms with Crippen molar-refractivity contribution >= 4 is 44.2 Å². The molecule has 0 spiro atoms. The summed E-state index contributed by atoms with van der Waals surface area (Å²) in [6.45, 7) is 2.40. The first-order chi connectivity index (χ1) is 15.7. The van der Waals surface area contributed by atoms with Crippen LogP contribution in [0.25, 0.3) is 10.8 Å². The molecule has 2 saturated heterocycles. The molecule has 2 aromatic carbocycles. The monoisotopic (exact) mass is 493 g/mol. The topological polar surface area (TPSA) is 107 Å². The number of aliphatic hydroxyl groups excluding tert-OH is 1. The maximum Gasteiger partial charge on any atom is 0.245 e. The molecular formula is C23H28ClN3O5S. The Hall–Kier alpha value is -2.20. The molecule has 3 atom stereocenters. The molecule has 0 radical (unpaired) electrons. The van der Waals surface area contributed by atoms with E-state index in [0.717, 1.165) is 30.0 Å². The van der Waals surface area contributed by atoms with Crippen molar-refractivity contribution in [3.8, 4) is 0 Å². The van der Waals surface area contributed by atoms with E-state index in [-0.39, 0.29) is 36.4 Å². The van der Waals surface area contributed by atoms with E-state index in [1.807, 2.05) is 0 Å². The Bertz CT molecular complexity index is 1170. The molecule has 2 N–H and O–H groups in total. The number of nitrogens with one attached hydrogen (secondary N) is 1. The predicted molar refractivity (Wildman–Crippen MR) is 125 cm³/mol. The number of carbonyl (C=O) groups excluding carboxylic acids is 2. The van der Waals surface area contributed by atoms with Crippen molar-refractivity contribution in [3.05, 3.63) is 41.4 Å². The molecule has 2 aliphatic rings. The number of amides is 2. The number of carbonyl (C=O) groups is 2. The molecule has 2 aromatic rings. The van der Waals surface area contributed by atoms with Crippen molar-refractivity contribution in [1.29, 1.82) is 0 Å². The van der Waals surface area contributed by atoms with Crippen LogP contribution in [0.4, 0.5) is 0 Å². The molecule has 2 fully saturated rings. The fourth-order valence-corrected chi connectivity index (χ4v) is 6.11. The highest BCUT2D eigenvalue weighted by atomic mass is 35.5. The van der Waals surface area contributed by atoms with Gasteiger partial charge in [0.2, 0.25) is 21.8 Å². The van der Waals surface area contributed by atoms with Crippen LogP contribution in [0.15, 0.2) is 41.3 Å². The smallest absolute Gasteiger partial charge is 0.245 e. The minimum Gasteiger partial charge on any atom is -0.394 e. The standard InChI is InChI=1S/C23H28ClN3O5S/c1-15(22(29)27-10-3-2-4-19(27)14-28)26-11-9-21(23(26)30)25-33(31,32)20-8-6-16-12-18(24)7-5-17(16)13-20/h5-8,12-13,15,19,21,25,28H,2-4,9-11,14H2,1H3/t15-,19?,21-/m0/s1. The van der Waals surface area contributed by atoms with Gasteiger partial charge in [0.1, 0.15) is 12.1 Å². The van der Waals surface area contributed by atoms with Crippen molar-refractivity contribution in [2.24, 2.45) is 0 Å². The van der Waals surface area contributed by atoms with E-state index in [1.54, 1.807) is 42.2 Å². The van der Waals surface area contributed by atoms with Gasteiger partial charge in [-0.25, -0.2) is 8.42 Å². The van der Waals surface area contributed by atoms with Crippen molar-refractivity contribution in [2.75, 3.05) is 19.7 Å². The first-order valence-corrected chi connectivity index (χ1v) is 13.0. The third-order valence-corrected chi connectivity index (χ3v) is 8.27. The molecule has 0 aromatic heterocycles. The lowest BCUT2D eigenvalue weighted by Crippen LogP contribution is -2.54. The summed E-state index contributed by atoms with van der Waals surface area (Å²) in [6.07, 6.45) is 2.84. The number of aliphatic hydroxyl groups is 1. The molecule has 0 saturated carbocycles. The Morgan fingerprint density at radius 3 is 2.64 bits per heavy atom. The van der Waals surface area contributed by atoms with E-state index in [4.69, 9.17) is 11.6 Å². The quantitative estimate of drug-likeness (QED) is 0.641. The summed E-state index contributed by atoms with van der Waals surface area (Å²) in [5.41, 5.74) is 0. The first kappa shape index (κ1) is 23.9. The van der Waals surface area contributed by atoms with Gasteiger partial charge in [-0.1, -0.05) is 23.7 Å². The largest absolute Gasteiger partial charge is 0.394 e. The maximum absolute atomic E-state index is 13.0. The molecule has 2 amide bonds. The Labute approximate surface area is 198 Å². The normalized spacial score (nSPS) is 22.7. The summed E-state index contributed by atoms with van der Waals surface area (Å²) >= 11 is 5.99. The summed E-state index contributed by atoms with van der Waals surface area (Å²) in [6, 6.07) is 8.00. The first-order valence-electron chi connectivity index (χ1n) is 11.1. The van der Waals surface area contributed by atoms with Crippen LogP contribution in [0.3, 0.4) is 0 Å². The second kappa shape index (κ2) is 9.58. The van der Waals surface area contributed by atoms with E-state index in [2.05, 4.69) is 4.72 Å². The molecule has 4 rings (SSSR count). The van der Waals surface area contributed by atoms with Gasteiger partial charge in [-0.05, 0) is 67.6 Å². The van der Waals surface area contributed by atoms with Crippen molar-refractivity contribution in [1.82, 2.24) is 14.5 Å². The Morgan fingerprint density at radius 2 is 1.88 bits per heavy atom. The zero-order chi connectivity index (χ0) is 23.8. The summed E-state index contributed by atoms with van der Waals surface area (Å²) in [5, 5.41) is 11.7. The van der Waals surface area contributed by atoms with Crippen LogP contribution in [0.1, 0.15) is 32.6 Å². The zero-order valence-electron chi connectivity index (χ0n) is 18.4. The Balaban J connectivity index is 1.46. The number of nitrogens with zero attached hydrogens (tertiary/aromatic N) is 2. The van der Waals surface area contributed by atoms with Crippen LogP contribution in [0, 0.1) is 0 Å². The molecular weight excluding hydrogens is 466 g/mol. The minimum absolute atomic E-state index is 0.0619. The molecule has 2 aliphatic heterocycles. The van der Waals surface area contributed by atoms with Crippen molar-refractivity contribution in [2.45, 2.75) is 55.6 Å². The fraction of sp³-hybridized carbons (Fsp3) is 0.478. The SMILES string of the molecule is C[C@@H](C(=O)N1CCCCC1CO)N1CC[C@H](NS(=O)(=O)c2ccc3cc(Cl)ccc3c2)C1=O. The number of rotatable bonds is 6. The number of hydrogen-bond donors (Lipinski definition) is 2. The van der Waals surface area contributed by atoms with Crippen LogP contribution in [-0.2, 0) is 19.6 Å². The number of piperidine rings is 1. The van der Waals surface area contributed by atoms with E-state index < -0.39 is 28.0 Å². The van der Waals surface area contributed by atoms with Gasteiger partial charge in [0.15, 0.2) is 0 Å². The number of fused-ring (bicyclic) bond motifs is 1. The van der Waals surface area contributed by atoms with Crippen molar-refractivity contribution < 1.29 is 23.1 Å². The van der Waals surface area contributed by atoms with Crippen LogP contribution in [0.2, 0.25) is 5.02 Å². The predicted octanol–water partition coefficient (Wildman–Crippen LogP) is 2.13. The summed E-state index contributed by atoms with van der Waals surface area (Å²) < 4.78 is 28.5. The van der Waals surface area contributed by atoms with E-state index in [0.29, 0.717) is 11.6 Å². The fourth-order valence-electron chi connectivity index (χ4n) is 4.67. The van der Waals surface area contributed by atoms with Gasteiger partial charge >= 0.3 is 0 Å². The highest BCUT2D eigenvalue weighted by molar-refractivity contribution is 7.89. The Morgan fingerprint density at radius 1 is 1.15 bits per heavy atom. The minimum atomic E-state index is -3.94. The molecule has 0 aliphatic carbocycles. The summed E-state index contributed by atoms with van der Waals surface area (Å²) in [5.74, 6) is -0.622. The molecule has 0 bridgehead atoms. The average molecular weight is 494 g/mol. The number of sulfonamides is 1. The average Bonchev–Trinajstić information content (AvgIpc) is 3.16. The maximum atomic E-state index is 13.0. The number of halogens is 1. The van der Waals surface area contributed by atoms with Gasteiger partial charge in [-0.3, -0.25) is 9.59 Å². The van der Waals surface area contributed by atoms with Crippen LogP contribution in [-0.4, -0.2) is 73.0 Å². The molecule has 1 unspecified atom stereocenters. The second-order valence-corrected chi connectivity index (χ2v) is 10.8. The summed E-state index contributed by atoms with van der Waals surface area (Å²) in [4.78, 5) is 29.2. The van der Waals surface area contributed by atoms with Crippen molar-refractivity contribution in [3.63, 3.8) is 0 Å².